The maximum absolute atomic E-state index is 13.1. The number of halogens is 3. The van der Waals surface area contributed by atoms with Crippen LogP contribution >= 0.6 is 0 Å². The molecule has 138 valence electrons. The molecule has 1 aliphatic heterocycles. The highest BCUT2D eigenvalue weighted by Gasteiger charge is 2.33. The van der Waals surface area contributed by atoms with E-state index in [1.807, 2.05) is 0 Å². The molecule has 0 bridgehead atoms. The maximum atomic E-state index is 13.1. The summed E-state index contributed by atoms with van der Waals surface area (Å²) in [5.74, 6) is -0.0546. The standard InChI is InChI=1S/C19H20F3N3O/c1-13-5-4-8-25(12-13)15-9-14(10-23-11-15)18(26)24-17-7-3-2-6-16(17)19(20,21)22/h2-3,6-7,9-11,13H,4-5,8,12H2,1H3,(H,24,26). The fraction of sp³-hybridized carbons (Fsp3) is 0.368. The highest BCUT2D eigenvalue weighted by molar-refractivity contribution is 6.05. The molecule has 0 saturated carbocycles. The van der Waals surface area contributed by atoms with Gasteiger partial charge in [-0.2, -0.15) is 13.2 Å². The number of pyridine rings is 1. The molecule has 1 atom stereocenters. The first kappa shape index (κ1) is 18.2. The summed E-state index contributed by atoms with van der Waals surface area (Å²) in [6.07, 6.45) is 0.740. The molecule has 0 spiro atoms. The molecule has 0 aliphatic carbocycles. The number of para-hydroxylation sites is 1. The van der Waals surface area contributed by atoms with Crippen molar-refractivity contribution >= 4 is 17.3 Å². The van der Waals surface area contributed by atoms with Gasteiger partial charge in [0, 0.05) is 19.3 Å². The van der Waals surface area contributed by atoms with E-state index in [2.05, 4.69) is 22.1 Å². The summed E-state index contributed by atoms with van der Waals surface area (Å²) >= 11 is 0. The van der Waals surface area contributed by atoms with Gasteiger partial charge in [-0.3, -0.25) is 9.78 Å². The fourth-order valence-corrected chi connectivity index (χ4v) is 3.18. The van der Waals surface area contributed by atoms with Gasteiger partial charge >= 0.3 is 6.18 Å². The molecule has 7 heteroatoms. The summed E-state index contributed by atoms with van der Waals surface area (Å²) in [5.41, 5.74) is -0.0877. The minimum absolute atomic E-state index is 0.234. The number of carbonyl (C=O) groups is 1. The largest absolute Gasteiger partial charge is 0.418 e. The van der Waals surface area contributed by atoms with Crippen molar-refractivity contribution in [2.75, 3.05) is 23.3 Å². The molecule has 26 heavy (non-hydrogen) atoms. The van der Waals surface area contributed by atoms with Crippen LogP contribution in [0.15, 0.2) is 42.7 Å². The van der Waals surface area contributed by atoms with Gasteiger partial charge < -0.3 is 10.2 Å². The molecule has 0 radical (unpaired) electrons. The molecular weight excluding hydrogens is 343 g/mol. The van der Waals surface area contributed by atoms with Gasteiger partial charge in [0.2, 0.25) is 0 Å². The van der Waals surface area contributed by atoms with Crippen LogP contribution in [0.4, 0.5) is 24.5 Å². The SMILES string of the molecule is CC1CCCN(c2cncc(C(=O)Nc3ccccc3C(F)(F)F)c2)C1. The van der Waals surface area contributed by atoms with E-state index in [0.717, 1.165) is 31.3 Å². The zero-order chi connectivity index (χ0) is 18.7. The average Bonchev–Trinajstić information content (AvgIpc) is 2.61. The van der Waals surface area contributed by atoms with Crippen LogP contribution in [0.1, 0.15) is 35.7 Å². The Morgan fingerprint density at radius 2 is 2.04 bits per heavy atom. The van der Waals surface area contributed by atoms with Crippen LogP contribution in [-0.4, -0.2) is 24.0 Å². The minimum Gasteiger partial charge on any atom is -0.370 e. The van der Waals surface area contributed by atoms with Crippen molar-refractivity contribution in [3.8, 4) is 0 Å². The Labute approximate surface area is 150 Å². The lowest BCUT2D eigenvalue weighted by molar-refractivity contribution is -0.136. The highest BCUT2D eigenvalue weighted by atomic mass is 19.4. The normalized spacial score (nSPS) is 17.8. The fourth-order valence-electron chi connectivity index (χ4n) is 3.18. The van der Waals surface area contributed by atoms with E-state index in [0.29, 0.717) is 5.92 Å². The average molecular weight is 363 g/mol. The molecule has 2 heterocycles. The molecule has 1 saturated heterocycles. The summed E-state index contributed by atoms with van der Waals surface area (Å²) < 4.78 is 39.2. The van der Waals surface area contributed by atoms with Gasteiger partial charge in [0.15, 0.2) is 0 Å². The van der Waals surface area contributed by atoms with Gasteiger partial charge in [0.05, 0.1) is 28.7 Å². The zero-order valence-corrected chi connectivity index (χ0v) is 14.4. The van der Waals surface area contributed by atoms with Gasteiger partial charge in [-0.15, -0.1) is 0 Å². The number of carbonyl (C=O) groups excluding carboxylic acids is 1. The number of piperidine rings is 1. The number of nitrogens with zero attached hydrogens (tertiary/aromatic N) is 2. The summed E-state index contributed by atoms with van der Waals surface area (Å²) in [7, 11) is 0. The summed E-state index contributed by atoms with van der Waals surface area (Å²) in [6, 6.07) is 6.60. The van der Waals surface area contributed by atoms with Crippen LogP contribution in [0.3, 0.4) is 0 Å². The van der Waals surface area contributed by atoms with Crippen molar-refractivity contribution in [3.63, 3.8) is 0 Å². The number of rotatable bonds is 3. The Morgan fingerprint density at radius 1 is 1.27 bits per heavy atom. The first-order valence-corrected chi connectivity index (χ1v) is 8.52. The molecular formula is C19H20F3N3O. The summed E-state index contributed by atoms with van der Waals surface area (Å²) in [5, 5.41) is 2.35. The predicted octanol–water partition coefficient (Wildman–Crippen LogP) is 4.59. The van der Waals surface area contributed by atoms with Crippen LogP contribution in [-0.2, 0) is 6.18 Å². The Bertz CT molecular complexity index is 792. The molecule has 3 rings (SSSR count). The monoisotopic (exact) mass is 363 g/mol. The predicted molar refractivity (Wildman–Crippen MR) is 94.2 cm³/mol. The first-order chi connectivity index (χ1) is 12.3. The van der Waals surface area contributed by atoms with Gasteiger partial charge in [-0.1, -0.05) is 19.1 Å². The second-order valence-corrected chi connectivity index (χ2v) is 6.62. The third kappa shape index (κ3) is 4.15. The highest BCUT2D eigenvalue weighted by Crippen LogP contribution is 2.34. The lowest BCUT2D eigenvalue weighted by atomic mass is 10.00. The van der Waals surface area contributed by atoms with Crippen molar-refractivity contribution in [3.05, 3.63) is 53.9 Å². The van der Waals surface area contributed by atoms with E-state index in [1.165, 1.54) is 30.8 Å². The number of nitrogens with one attached hydrogen (secondary N) is 1. The quantitative estimate of drug-likeness (QED) is 0.868. The molecule has 1 fully saturated rings. The molecule has 1 amide bonds. The van der Waals surface area contributed by atoms with Gasteiger partial charge in [-0.05, 0) is 37.0 Å². The number of benzene rings is 1. The zero-order valence-electron chi connectivity index (χ0n) is 14.4. The van der Waals surface area contributed by atoms with Crippen molar-refractivity contribution in [1.29, 1.82) is 0 Å². The third-order valence-corrected chi connectivity index (χ3v) is 4.49. The van der Waals surface area contributed by atoms with Crippen molar-refractivity contribution < 1.29 is 18.0 Å². The third-order valence-electron chi connectivity index (χ3n) is 4.49. The molecule has 1 aliphatic rings. The van der Waals surface area contributed by atoms with Crippen molar-refractivity contribution in [2.24, 2.45) is 5.92 Å². The van der Waals surface area contributed by atoms with E-state index in [4.69, 9.17) is 0 Å². The van der Waals surface area contributed by atoms with Crippen molar-refractivity contribution in [1.82, 2.24) is 4.98 Å². The van der Waals surface area contributed by atoms with Gasteiger partial charge in [0.1, 0.15) is 0 Å². The van der Waals surface area contributed by atoms with Crippen LogP contribution in [0.2, 0.25) is 0 Å². The van der Waals surface area contributed by atoms with E-state index in [-0.39, 0.29) is 11.3 Å². The molecule has 1 aromatic carbocycles. The minimum atomic E-state index is -4.53. The van der Waals surface area contributed by atoms with Crippen LogP contribution in [0.25, 0.3) is 0 Å². The topological polar surface area (TPSA) is 45.2 Å². The Morgan fingerprint density at radius 3 is 2.77 bits per heavy atom. The number of alkyl halides is 3. The molecule has 1 unspecified atom stereocenters. The molecule has 1 aromatic heterocycles. The molecule has 2 aromatic rings. The van der Waals surface area contributed by atoms with E-state index in [1.54, 1.807) is 12.3 Å². The smallest absolute Gasteiger partial charge is 0.370 e. The van der Waals surface area contributed by atoms with Gasteiger partial charge in [0.25, 0.3) is 5.91 Å². The Kier molecular flexibility index (Phi) is 5.15. The van der Waals surface area contributed by atoms with Crippen molar-refractivity contribution in [2.45, 2.75) is 25.9 Å². The van der Waals surface area contributed by atoms with Crippen LogP contribution in [0, 0.1) is 5.92 Å². The lowest BCUT2D eigenvalue weighted by Crippen LogP contribution is -2.34. The Hall–Kier alpha value is -2.57. The van der Waals surface area contributed by atoms with Crippen LogP contribution < -0.4 is 10.2 Å². The second kappa shape index (κ2) is 7.35. The number of anilines is 2. The lowest BCUT2D eigenvalue weighted by Gasteiger charge is -2.32. The van der Waals surface area contributed by atoms with Gasteiger partial charge in [-0.25, -0.2) is 0 Å². The van der Waals surface area contributed by atoms with E-state index in [9.17, 15) is 18.0 Å². The number of hydrogen-bond acceptors (Lipinski definition) is 3. The molecule has 4 nitrogen and oxygen atoms in total. The first-order valence-electron chi connectivity index (χ1n) is 8.52. The van der Waals surface area contributed by atoms with E-state index >= 15 is 0 Å². The summed E-state index contributed by atoms with van der Waals surface area (Å²) in [4.78, 5) is 18.7. The van der Waals surface area contributed by atoms with E-state index < -0.39 is 17.6 Å². The van der Waals surface area contributed by atoms with Crippen LogP contribution in [0.5, 0.6) is 0 Å². The maximum Gasteiger partial charge on any atom is 0.418 e. The number of amides is 1. The summed E-state index contributed by atoms with van der Waals surface area (Å²) in [6.45, 7) is 3.93. The second-order valence-electron chi connectivity index (χ2n) is 6.62. The number of hydrogen-bond donors (Lipinski definition) is 1. The number of aromatic nitrogens is 1. The Balaban J connectivity index is 1.80. The molecule has 1 N–H and O–H groups in total.